The molecule has 1 amide bonds. The van der Waals surface area contributed by atoms with Crippen LogP contribution in [0.25, 0.3) is 0 Å². The predicted octanol–water partition coefficient (Wildman–Crippen LogP) is 3.49. The Labute approximate surface area is 114 Å². The van der Waals surface area contributed by atoms with Crippen LogP contribution in [0.1, 0.15) is 30.6 Å². The Morgan fingerprint density at radius 2 is 1.89 bits per heavy atom. The highest BCUT2D eigenvalue weighted by Crippen LogP contribution is 2.15. The number of carbonyl (C=O) groups is 1. The summed E-state index contributed by atoms with van der Waals surface area (Å²) in [6.45, 7) is 4.09. The van der Waals surface area contributed by atoms with E-state index in [9.17, 15) is 18.0 Å². The second-order valence-corrected chi connectivity index (χ2v) is 5.28. The van der Waals surface area contributed by atoms with E-state index < -0.39 is 28.9 Å². The van der Waals surface area contributed by atoms with Gasteiger partial charge in [0, 0.05) is 6.54 Å². The van der Waals surface area contributed by atoms with Gasteiger partial charge in [-0.2, -0.15) is 0 Å². The Hall–Kier alpha value is -1.23. The first kappa shape index (κ1) is 15.8. The molecular formula is C13H15ClF3NO. The number of benzene rings is 1. The van der Waals surface area contributed by atoms with E-state index in [1.54, 1.807) is 0 Å². The Bertz CT molecular complexity index is 465. The van der Waals surface area contributed by atoms with Crippen molar-refractivity contribution in [3.8, 4) is 0 Å². The lowest BCUT2D eigenvalue weighted by Crippen LogP contribution is -2.31. The van der Waals surface area contributed by atoms with E-state index in [1.165, 1.54) is 0 Å². The molecule has 0 saturated heterocycles. The molecule has 1 N–H and O–H groups in total. The SMILES string of the molecule is CC(C)CC(Cl)CNC(=O)c1ccc(F)c(F)c1F. The molecule has 1 rings (SSSR count). The van der Waals surface area contributed by atoms with Crippen LogP contribution in [0, 0.1) is 23.4 Å². The molecule has 0 radical (unpaired) electrons. The molecule has 0 heterocycles. The summed E-state index contributed by atoms with van der Waals surface area (Å²) in [5.41, 5.74) is -0.535. The molecule has 0 bridgehead atoms. The fourth-order valence-electron chi connectivity index (χ4n) is 1.59. The van der Waals surface area contributed by atoms with E-state index in [2.05, 4.69) is 5.32 Å². The van der Waals surface area contributed by atoms with Gasteiger partial charge >= 0.3 is 0 Å². The third-order valence-corrected chi connectivity index (χ3v) is 2.82. The van der Waals surface area contributed by atoms with Gasteiger partial charge in [-0.15, -0.1) is 11.6 Å². The fraction of sp³-hybridized carbons (Fsp3) is 0.462. The molecular weight excluding hydrogens is 279 g/mol. The van der Waals surface area contributed by atoms with Crippen LogP contribution in [0.4, 0.5) is 13.2 Å². The molecule has 0 aliphatic heterocycles. The zero-order valence-electron chi connectivity index (χ0n) is 10.6. The molecule has 2 nitrogen and oxygen atoms in total. The summed E-state index contributed by atoms with van der Waals surface area (Å²) in [4.78, 5) is 11.6. The molecule has 1 unspecified atom stereocenters. The lowest BCUT2D eigenvalue weighted by atomic mass is 10.1. The Morgan fingerprint density at radius 3 is 2.47 bits per heavy atom. The lowest BCUT2D eigenvalue weighted by molar-refractivity contribution is 0.0947. The minimum Gasteiger partial charge on any atom is -0.350 e. The average molecular weight is 294 g/mol. The molecule has 1 aromatic rings. The van der Waals surface area contributed by atoms with Crippen molar-refractivity contribution in [3.63, 3.8) is 0 Å². The van der Waals surface area contributed by atoms with Crippen LogP contribution in [0.3, 0.4) is 0 Å². The highest BCUT2D eigenvalue weighted by Gasteiger charge is 2.19. The van der Waals surface area contributed by atoms with E-state index in [0.717, 1.165) is 6.07 Å². The van der Waals surface area contributed by atoms with Crippen LogP contribution < -0.4 is 5.32 Å². The monoisotopic (exact) mass is 293 g/mol. The summed E-state index contributed by atoms with van der Waals surface area (Å²) in [6, 6.07) is 1.61. The number of carbonyl (C=O) groups excluding carboxylic acids is 1. The maximum Gasteiger partial charge on any atom is 0.254 e. The maximum absolute atomic E-state index is 13.3. The van der Waals surface area contributed by atoms with Gasteiger partial charge in [0.05, 0.1) is 10.9 Å². The van der Waals surface area contributed by atoms with E-state index in [1.807, 2.05) is 13.8 Å². The van der Waals surface area contributed by atoms with E-state index in [-0.39, 0.29) is 11.9 Å². The number of amides is 1. The molecule has 19 heavy (non-hydrogen) atoms. The van der Waals surface area contributed by atoms with Crippen LogP contribution >= 0.6 is 11.6 Å². The molecule has 0 aliphatic carbocycles. The third kappa shape index (κ3) is 4.42. The number of alkyl halides is 1. The minimum atomic E-state index is -1.66. The Balaban J connectivity index is 2.67. The minimum absolute atomic E-state index is 0.136. The highest BCUT2D eigenvalue weighted by atomic mass is 35.5. The summed E-state index contributed by atoms with van der Waals surface area (Å²) in [6.07, 6.45) is 0.683. The normalized spacial score (nSPS) is 12.6. The molecule has 1 aromatic carbocycles. The number of hydrogen-bond donors (Lipinski definition) is 1. The summed E-state index contributed by atoms with van der Waals surface area (Å²) >= 11 is 5.96. The lowest BCUT2D eigenvalue weighted by Gasteiger charge is -2.13. The number of hydrogen-bond acceptors (Lipinski definition) is 1. The van der Waals surface area contributed by atoms with Gasteiger partial charge in [-0.25, -0.2) is 13.2 Å². The number of halogens is 4. The smallest absolute Gasteiger partial charge is 0.254 e. The van der Waals surface area contributed by atoms with Gasteiger partial charge in [-0.3, -0.25) is 4.79 Å². The van der Waals surface area contributed by atoms with Crippen LogP contribution in [-0.4, -0.2) is 17.8 Å². The third-order valence-electron chi connectivity index (χ3n) is 2.49. The first-order chi connectivity index (χ1) is 8.82. The van der Waals surface area contributed by atoms with E-state index in [0.29, 0.717) is 18.4 Å². The van der Waals surface area contributed by atoms with Gasteiger partial charge in [0.1, 0.15) is 0 Å². The molecule has 0 saturated carbocycles. The topological polar surface area (TPSA) is 29.1 Å². The van der Waals surface area contributed by atoms with Gasteiger partial charge in [0.25, 0.3) is 5.91 Å². The molecule has 0 fully saturated rings. The van der Waals surface area contributed by atoms with Crippen molar-refractivity contribution in [3.05, 3.63) is 35.1 Å². The molecule has 6 heteroatoms. The Kier molecular flexibility index (Phi) is 5.66. The highest BCUT2D eigenvalue weighted by molar-refractivity contribution is 6.20. The Morgan fingerprint density at radius 1 is 1.26 bits per heavy atom. The van der Waals surface area contributed by atoms with Crippen molar-refractivity contribution in [2.75, 3.05) is 6.54 Å². The first-order valence-corrected chi connectivity index (χ1v) is 6.32. The van der Waals surface area contributed by atoms with Crippen LogP contribution in [0.2, 0.25) is 0 Å². The van der Waals surface area contributed by atoms with Crippen molar-refractivity contribution in [1.29, 1.82) is 0 Å². The average Bonchev–Trinajstić information content (AvgIpc) is 2.32. The molecule has 1 atom stereocenters. The molecule has 0 aromatic heterocycles. The van der Waals surface area contributed by atoms with Crippen molar-refractivity contribution in [2.24, 2.45) is 5.92 Å². The standard InChI is InChI=1S/C13H15ClF3NO/c1-7(2)5-8(14)6-18-13(19)9-3-4-10(15)12(17)11(9)16/h3-4,7-8H,5-6H2,1-2H3,(H,18,19). The van der Waals surface area contributed by atoms with Gasteiger partial charge in [0.15, 0.2) is 17.5 Å². The summed E-state index contributed by atoms with van der Waals surface area (Å²) in [5, 5.41) is 2.10. The van der Waals surface area contributed by atoms with Crippen molar-refractivity contribution in [1.82, 2.24) is 5.32 Å². The second kappa shape index (κ2) is 6.80. The van der Waals surface area contributed by atoms with Crippen LogP contribution in [0.15, 0.2) is 12.1 Å². The van der Waals surface area contributed by atoms with E-state index >= 15 is 0 Å². The fourth-order valence-corrected chi connectivity index (χ4v) is 2.03. The first-order valence-electron chi connectivity index (χ1n) is 5.88. The van der Waals surface area contributed by atoms with Crippen LogP contribution in [-0.2, 0) is 0 Å². The van der Waals surface area contributed by atoms with Crippen molar-refractivity contribution in [2.45, 2.75) is 25.6 Å². The zero-order chi connectivity index (χ0) is 14.6. The summed E-state index contributed by atoms with van der Waals surface area (Å²) in [5.74, 6) is -4.93. The second-order valence-electron chi connectivity index (χ2n) is 4.66. The van der Waals surface area contributed by atoms with Crippen molar-refractivity contribution < 1.29 is 18.0 Å². The van der Waals surface area contributed by atoms with Gasteiger partial charge in [-0.1, -0.05) is 13.8 Å². The molecule has 0 spiro atoms. The van der Waals surface area contributed by atoms with Gasteiger partial charge < -0.3 is 5.32 Å². The summed E-state index contributed by atoms with van der Waals surface area (Å²) < 4.78 is 39.0. The number of rotatable bonds is 5. The quantitative estimate of drug-likeness (QED) is 0.653. The zero-order valence-corrected chi connectivity index (χ0v) is 11.4. The van der Waals surface area contributed by atoms with Crippen molar-refractivity contribution >= 4 is 17.5 Å². The van der Waals surface area contributed by atoms with Gasteiger partial charge in [0.2, 0.25) is 0 Å². The maximum atomic E-state index is 13.3. The van der Waals surface area contributed by atoms with Crippen LogP contribution in [0.5, 0.6) is 0 Å². The van der Waals surface area contributed by atoms with E-state index in [4.69, 9.17) is 11.6 Å². The van der Waals surface area contributed by atoms with Gasteiger partial charge in [-0.05, 0) is 24.5 Å². The molecule has 0 aliphatic rings. The number of nitrogens with one attached hydrogen (secondary N) is 1. The summed E-state index contributed by atoms with van der Waals surface area (Å²) in [7, 11) is 0. The molecule has 106 valence electrons. The predicted molar refractivity (Wildman–Crippen MR) is 67.7 cm³/mol. The largest absolute Gasteiger partial charge is 0.350 e.